The minimum Gasteiger partial charge on any atom is -0.463 e. The molecule has 0 N–H and O–H groups in total. The number of carbonyl (C=O) groups excluding carboxylic acids is 1. The Kier molecular flexibility index (Phi) is 5.17. The van der Waals surface area contributed by atoms with Crippen LogP contribution in [0.4, 0.5) is 0 Å². The Bertz CT molecular complexity index is 178. The Labute approximate surface area is 67.6 Å². The van der Waals surface area contributed by atoms with Crippen LogP contribution in [0.3, 0.4) is 0 Å². The van der Waals surface area contributed by atoms with E-state index in [4.69, 9.17) is 4.74 Å². The van der Waals surface area contributed by atoms with E-state index in [1.165, 1.54) is 6.08 Å². The van der Waals surface area contributed by atoms with Crippen molar-refractivity contribution in [3.8, 4) is 0 Å². The SMILES string of the molecule is CC=CC(C)=CC(=O)OCC. The van der Waals surface area contributed by atoms with Crippen molar-refractivity contribution >= 4 is 5.97 Å². The number of hydrogen-bond donors (Lipinski definition) is 0. The largest absolute Gasteiger partial charge is 0.463 e. The van der Waals surface area contributed by atoms with Crippen LogP contribution in [-0.2, 0) is 9.53 Å². The first kappa shape index (κ1) is 9.95. The maximum atomic E-state index is 10.8. The number of esters is 1. The van der Waals surface area contributed by atoms with Gasteiger partial charge in [-0.05, 0) is 26.3 Å². The molecule has 0 saturated heterocycles. The van der Waals surface area contributed by atoms with Crippen molar-refractivity contribution in [3.05, 3.63) is 23.8 Å². The molecule has 11 heavy (non-hydrogen) atoms. The van der Waals surface area contributed by atoms with Gasteiger partial charge in [0, 0.05) is 6.08 Å². The molecule has 0 saturated carbocycles. The zero-order chi connectivity index (χ0) is 8.69. The lowest BCUT2D eigenvalue weighted by atomic mass is 10.2. The molecule has 2 nitrogen and oxygen atoms in total. The highest BCUT2D eigenvalue weighted by Crippen LogP contribution is 1.95. The van der Waals surface area contributed by atoms with Crippen molar-refractivity contribution < 1.29 is 9.53 Å². The number of ether oxygens (including phenoxy) is 1. The minimum atomic E-state index is -0.275. The Morgan fingerprint density at radius 3 is 2.64 bits per heavy atom. The summed E-state index contributed by atoms with van der Waals surface area (Å²) in [6.07, 6.45) is 5.21. The summed E-state index contributed by atoms with van der Waals surface area (Å²) >= 11 is 0. The topological polar surface area (TPSA) is 26.3 Å². The third-order valence-corrected chi connectivity index (χ3v) is 1.06. The Morgan fingerprint density at radius 2 is 2.18 bits per heavy atom. The van der Waals surface area contributed by atoms with Crippen LogP contribution in [0, 0.1) is 0 Å². The molecule has 0 heterocycles. The third-order valence-electron chi connectivity index (χ3n) is 1.06. The fraction of sp³-hybridized carbons (Fsp3) is 0.444. The van der Waals surface area contributed by atoms with Gasteiger partial charge in [0.25, 0.3) is 0 Å². The molecule has 0 fully saturated rings. The second-order valence-electron chi connectivity index (χ2n) is 2.14. The van der Waals surface area contributed by atoms with Gasteiger partial charge in [-0.2, -0.15) is 0 Å². The molecule has 62 valence electrons. The normalized spacial score (nSPS) is 12.1. The van der Waals surface area contributed by atoms with Gasteiger partial charge in [-0.3, -0.25) is 0 Å². The molecular weight excluding hydrogens is 140 g/mol. The number of hydrogen-bond acceptors (Lipinski definition) is 2. The van der Waals surface area contributed by atoms with Crippen molar-refractivity contribution in [3.63, 3.8) is 0 Å². The first-order valence-electron chi connectivity index (χ1n) is 3.68. The summed E-state index contributed by atoms with van der Waals surface area (Å²) in [5, 5.41) is 0. The van der Waals surface area contributed by atoms with Gasteiger partial charge in [-0.25, -0.2) is 4.79 Å². The summed E-state index contributed by atoms with van der Waals surface area (Å²) in [6, 6.07) is 0. The second kappa shape index (κ2) is 5.71. The highest BCUT2D eigenvalue weighted by molar-refractivity contribution is 5.83. The zero-order valence-electron chi connectivity index (χ0n) is 7.26. The summed E-state index contributed by atoms with van der Waals surface area (Å²) in [5.74, 6) is -0.275. The van der Waals surface area contributed by atoms with E-state index < -0.39 is 0 Å². The van der Waals surface area contributed by atoms with Crippen molar-refractivity contribution in [2.24, 2.45) is 0 Å². The van der Waals surface area contributed by atoms with Crippen LogP contribution in [0.2, 0.25) is 0 Å². The van der Waals surface area contributed by atoms with E-state index in [0.29, 0.717) is 6.61 Å². The van der Waals surface area contributed by atoms with Crippen LogP contribution in [0.15, 0.2) is 23.8 Å². The summed E-state index contributed by atoms with van der Waals surface area (Å²) in [6.45, 7) is 5.98. The van der Waals surface area contributed by atoms with Crippen LogP contribution < -0.4 is 0 Å². The van der Waals surface area contributed by atoms with Crippen LogP contribution >= 0.6 is 0 Å². The first-order chi connectivity index (χ1) is 5.20. The molecule has 0 aliphatic carbocycles. The molecule has 0 unspecified atom stereocenters. The Balaban J connectivity index is 3.96. The van der Waals surface area contributed by atoms with Crippen LogP contribution in [0.5, 0.6) is 0 Å². The smallest absolute Gasteiger partial charge is 0.330 e. The van der Waals surface area contributed by atoms with Gasteiger partial charge in [0.1, 0.15) is 0 Å². The van der Waals surface area contributed by atoms with Crippen molar-refractivity contribution in [1.82, 2.24) is 0 Å². The van der Waals surface area contributed by atoms with Gasteiger partial charge >= 0.3 is 5.97 Å². The van der Waals surface area contributed by atoms with Gasteiger partial charge in [-0.15, -0.1) is 0 Å². The molecule has 2 heteroatoms. The summed E-state index contributed by atoms with van der Waals surface area (Å²) in [7, 11) is 0. The molecule has 0 aliphatic rings. The number of carbonyl (C=O) groups is 1. The van der Waals surface area contributed by atoms with Gasteiger partial charge in [0.15, 0.2) is 0 Å². The lowest BCUT2D eigenvalue weighted by molar-refractivity contribution is -0.137. The lowest BCUT2D eigenvalue weighted by Crippen LogP contribution is -1.99. The minimum absolute atomic E-state index is 0.275. The van der Waals surface area contributed by atoms with Crippen molar-refractivity contribution in [2.75, 3.05) is 6.61 Å². The van der Waals surface area contributed by atoms with E-state index in [0.717, 1.165) is 5.57 Å². The third kappa shape index (κ3) is 5.40. The van der Waals surface area contributed by atoms with E-state index in [9.17, 15) is 4.79 Å². The average molecular weight is 154 g/mol. The maximum Gasteiger partial charge on any atom is 0.330 e. The Hall–Kier alpha value is -1.05. The van der Waals surface area contributed by atoms with Crippen molar-refractivity contribution in [2.45, 2.75) is 20.8 Å². The number of rotatable bonds is 3. The molecule has 0 rings (SSSR count). The summed E-state index contributed by atoms with van der Waals surface area (Å²) in [5.41, 5.74) is 0.908. The molecule has 0 aromatic heterocycles. The molecule has 0 aliphatic heterocycles. The van der Waals surface area contributed by atoms with E-state index in [-0.39, 0.29) is 5.97 Å². The van der Waals surface area contributed by atoms with Crippen LogP contribution in [0.1, 0.15) is 20.8 Å². The Morgan fingerprint density at radius 1 is 1.55 bits per heavy atom. The zero-order valence-corrected chi connectivity index (χ0v) is 7.26. The average Bonchev–Trinajstić information content (AvgIpc) is 1.87. The maximum absolute atomic E-state index is 10.8. The standard InChI is InChI=1S/C9H14O2/c1-4-6-8(3)7-9(10)11-5-2/h4,6-7H,5H2,1-3H3. The van der Waals surface area contributed by atoms with Gasteiger partial charge in [0.2, 0.25) is 0 Å². The second-order valence-corrected chi connectivity index (χ2v) is 2.14. The van der Waals surface area contributed by atoms with Gasteiger partial charge in [-0.1, -0.05) is 12.2 Å². The van der Waals surface area contributed by atoms with E-state index >= 15 is 0 Å². The van der Waals surface area contributed by atoms with Crippen molar-refractivity contribution in [1.29, 1.82) is 0 Å². The molecule has 0 amide bonds. The van der Waals surface area contributed by atoms with Crippen LogP contribution in [0.25, 0.3) is 0 Å². The van der Waals surface area contributed by atoms with E-state index in [2.05, 4.69) is 0 Å². The fourth-order valence-electron chi connectivity index (χ4n) is 0.681. The fourth-order valence-corrected chi connectivity index (χ4v) is 0.681. The lowest BCUT2D eigenvalue weighted by Gasteiger charge is -1.95. The predicted octanol–water partition coefficient (Wildman–Crippen LogP) is 2.07. The van der Waals surface area contributed by atoms with Gasteiger partial charge in [0.05, 0.1) is 6.61 Å². The van der Waals surface area contributed by atoms with Crippen LogP contribution in [-0.4, -0.2) is 12.6 Å². The summed E-state index contributed by atoms with van der Waals surface area (Å²) < 4.78 is 4.71. The van der Waals surface area contributed by atoms with E-state index in [1.807, 2.05) is 26.0 Å². The molecule has 0 aromatic carbocycles. The monoisotopic (exact) mass is 154 g/mol. The molecule has 0 spiro atoms. The highest BCUT2D eigenvalue weighted by atomic mass is 16.5. The molecule has 0 aromatic rings. The van der Waals surface area contributed by atoms with Gasteiger partial charge < -0.3 is 4.74 Å². The van der Waals surface area contributed by atoms with E-state index in [1.54, 1.807) is 6.92 Å². The molecule has 0 radical (unpaired) electrons. The predicted molar refractivity (Wildman–Crippen MR) is 45.2 cm³/mol. The quantitative estimate of drug-likeness (QED) is 0.353. The molecule has 0 bridgehead atoms. The number of allylic oxidation sites excluding steroid dienone is 3. The highest BCUT2D eigenvalue weighted by Gasteiger charge is 1.93. The first-order valence-corrected chi connectivity index (χ1v) is 3.68. The molecule has 0 atom stereocenters. The summed E-state index contributed by atoms with van der Waals surface area (Å²) in [4.78, 5) is 10.8. The molecular formula is C9H14O2.